The number of carbonyl (C=O) groups excluding carboxylic acids is 3. The van der Waals surface area contributed by atoms with Crippen molar-refractivity contribution < 1.29 is 18.8 Å². The lowest BCUT2D eigenvalue weighted by molar-refractivity contribution is -0.123. The number of furan rings is 1. The van der Waals surface area contributed by atoms with Crippen molar-refractivity contribution in [1.29, 1.82) is 0 Å². The molecular weight excluding hydrogens is 334 g/mol. The maximum Gasteiger partial charge on any atom is 0.289 e. The number of piperazine rings is 1. The van der Waals surface area contributed by atoms with Gasteiger partial charge in [0.1, 0.15) is 0 Å². The number of carbonyl (C=O) groups is 3. The Morgan fingerprint density at radius 3 is 2.35 bits per heavy atom. The summed E-state index contributed by atoms with van der Waals surface area (Å²) < 4.78 is 5.16. The largest absolute Gasteiger partial charge is 0.459 e. The normalized spacial score (nSPS) is 21.5. The first-order valence-electron chi connectivity index (χ1n) is 8.64. The predicted octanol–water partition coefficient (Wildman–Crippen LogP) is 1.37. The third kappa shape index (κ3) is 2.90. The van der Waals surface area contributed by atoms with E-state index < -0.39 is 6.04 Å². The number of benzene rings is 1. The summed E-state index contributed by atoms with van der Waals surface area (Å²) in [5, 5.41) is 0. The molecule has 0 aliphatic carbocycles. The van der Waals surface area contributed by atoms with Crippen molar-refractivity contribution >= 4 is 23.4 Å². The molecule has 1 atom stereocenters. The Balaban J connectivity index is 1.41. The number of amides is 3. The van der Waals surface area contributed by atoms with Gasteiger partial charge in [-0.3, -0.25) is 19.3 Å². The number of nitrogens with zero attached hydrogens (tertiary/aromatic N) is 3. The van der Waals surface area contributed by atoms with Crippen molar-refractivity contribution in [1.82, 2.24) is 9.80 Å². The molecule has 0 unspecified atom stereocenters. The number of para-hydroxylation sites is 1. The molecule has 0 radical (unpaired) electrons. The molecule has 2 aliphatic heterocycles. The van der Waals surface area contributed by atoms with Crippen LogP contribution in [0.1, 0.15) is 17.0 Å². The van der Waals surface area contributed by atoms with Crippen molar-refractivity contribution in [3.05, 3.63) is 54.5 Å². The Morgan fingerprint density at radius 1 is 0.962 bits per heavy atom. The van der Waals surface area contributed by atoms with Gasteiger partial charge in [0, 0.05) is 26.2 Å². The van der Waals surface area contributed by atoms with Crippen LogP contribution >= 0.6 is 0 Å². The van der Waals surface area contributed by atoms with E-state index in [9.17, 15) is 14.4 Å². The van der Waals surface area contributed by atoms with E-state index >= 15 is 0 Å². The van der Waals surface area contributed by atoms with Gasteiger partial charge < -0.3 is 9.32 Å². The van der Waals surface area contributed by atoms with Gasteiger partial charge in [-0.05, 0) is 24.3 Å². The van der Waals surface area contributed by atoms with Gasteiger partial charge in [-0.2, -0.15) is 0 Å². The first-order chi connectivity index (χ1) is 12.6. The lowest BCUT2D eigenvalue weighted by Crippen LogP contribution is -2.53. The molecule has 2 saturated heterocycles. The molecule has 3 heterocycles. The molecule has 0 saturated carbocycles. The van der Waals surface area contributed by atoms with Gasteiger partial charge in [-0.1, -0.05) is 18.2 Å². The van der Waals surface area contributed by atoms with Crippen molar-refractivity contribution in [2.45, 2.75) is 12.5 Å². The lowest BCUT2D eigenvalue weighted by atomic mass is 10.1. The molecular formula is C19H19N3O4. The smallest absolute Gasteiger partial charge is 0.289 e. The van der Waals surface area contributed by atoms with Crippen LogP contribution in [0, 0.1) is 0 Å². The second kappa shape index (κ2) is 6.76. The lowest BCUT2D eigenvalue weighted by Gasteiger charge is -2.36. The zero-order valence-electron chi connectivity index (χ0n) is 14.2. The standard InChI is InChI=1S/C19H19N3O4/c23-17-13-15(18(24)22(17)14-5-2-1-3-6-14)20-8-10-21(11-9-20)19(25)16-7-4-12-26-16/h1-7,12,15H,8-11,13H2/t15-/m1/s1. The van der Waals surface area contributed by atoms with Crippen LogP contribution in [0.25, 0.3) is 0 Å². The number of rotatable bonds is 3. The van der Waals surface area contributed by atoms with E-state index in [4.69, 9.17) is 4.42 Å². The summed E-state index contributed by atoms with van der Waals surface area (Å²) in [6.07, 6.45) is 1.66. The fraction of sp³-hybridized carbons (Fsp3) is 0.316. The van der Waals surface area contributed by atoms with Crippen LogP contribution in [0.5, 0.6) is 0 Å². The van der Waals surface area contributed by atoms with Gasteiger partial charge in [0.25, 0.3) is 11.8 Å². The highest BCUT2D eigenvalue weighted by Crippen LogP contribution is 2.26. The van der Waals surface area contributed by atoms with Crippen LogP contribution in [-0.4, -0.2) is 59.7 Å². The summed E-state index contributed by atoms with van der Waals surface area (Å²) in [7, 11) is 0. The maximum absolute atomic E-state index is 12.8. The number of hydrogen-bond acceptors (Lipinski definition) is 5. The first-order valence-corrected chi connectivity index (χ1v) is 8.64. The van der Waals surface area contributed by atoms with E-state index in [2.05, 4.69) is 0 Å². The zero-order valence-corrected chi connectivity index (χ0v) is 14.2. The molecule has 134 valence electrons. The van der Waals surface area contributed by atoms with Gasteiger partial charge in [-0.15, -0.1) is 0 Å². The molecule has 0 N–H and O–H groups in total. The minimum Gasteiger partial charge on any atom is -0.459 e. The van der Waals surface area contributed by atoms with Crippen LogP contribution in [-0.2, 0) is 9.59 Å². The fourth-order valence-corrected chi connectivity index (χ4v) is 3.54. The average Bonchev–Trinajstić information content (AvgIpc) is 3.30. The van der Waals surface area contributed by atoms with Crippen molar-refractivity contribution in [2.75, 3.05) is 31.1 Å². The third-order valence-electron chi connectivity index (χ3n) is 4.91. The predicted molar refractivity (Wildman–Crippen MR) is 93.5 cm³/mol. The number of hydrogen-bond donors (Lipinski definition) is 0. The molecule has 26 heavy (non-hydrogen) atoms. The topological polar surface area (TPSA) is 74.1 Å². The fourth-order valence-electron chi connectivity index (χ4n) is 3.54. The van der Waals surface area contributed by atoms with Crippen LogP contribution in [0.2, 0.25) is 0 Å². The third-order valence-corrected chi connectivity index (χ3v) is 4.91. The van der Waals surface area contributed by atoms with E-state index in [1.165, 1.54) is 11.2 Å². The van der Waals surface area contributed by atoms with Crippen molar-refractivity contribution in [3.63, 3.8) is 0 Å². The highest BCUT2D eigenvalue weighted by atomic mass is 16.3. The van der Waals surface area contributed by atoms with Gasteiger partial charge in [-0.25, -0.2) is 4.90 Å². The average molecular weight is 353 g/mol. The number of imide groups is 1. The molecule has 1 aromatic carbocycles. The van der Waals surface area contributed by atoms with Gasteiger partial charge >= 0.3 is 0 Å². The second-order valence-electron chi connectivity index (χ2n) is 6.43. The van der Waals surface area contributed by atoms with E-state index in [0.29, 0.717) is 37.6 Å². The number of anilines is 1. The van der Waals surface area contributed by atoms with Crippen LogP contribution in [0.15, 0.2) is 53.1 Å². The van der Waals surface area contributed by atoms with Crippen molar-refractivity contribution in [2.24, 2.45) is 0 Å². The first kappa shape index (κ1) is 16.5. The van der Waals surface area contributed by atoms with E-state index in [-0.39, 0.29) is 24.1 Å². The van der Waals surface area contributed by atoms with Crippen LogP contribution in [0.4, 0.5) is 5.69 Å². The minimum absolute atomic E-state index is 0.144. The van der Waals surface area contributed by atoms with Gasteiger partial charge in [0.2, 0.25) is 5.91 Å². The quantitative estimate of drug-likeness (QED) is 0.779. The Hall–Kier alpha value is -2.93. The minimum atomic E-state index is -0.455. The molecule has 2 fully saturated rings. The van der Waals surface area contributed by atoms with Gasteiger partial charge in [0.15, 0.2) is 5.76 Å². The van der Waals surface area contributed by atoms with E-state index in [1.807, 2.05) is 23.1 Å². The van der Waals surface area contributed by atoms with E-state index in [0.717, 1.165) is 0 Å². The Labute approximate surface area is 150 Å². The molecule has 2 aromatic rings. The monoisotopic (exact) mass is 353 g/mol. The Kier molecular flexibility index (Phi) is 4.30. The summed E-state index contributed by atoms with van der Waals surface area (Å²) in [5.41, 5.74) is 0.608. The molecule has 7 heteroatoms. The molecule has 0 bridgehead atoms. The Bertz CT molecular complexity index is 811. The van der Waals surface area contributed by atoms with Crippen molar-refractivity contribution in [3.8, 4) is 0 Å². The SMILES string of the molecule is O=C(c1ccco1)N1CCN([C@@H]2CC(=O)N(c3ccccc3)C2=O)CC1. The van der Waals surface area contributed by atoms with Crippen LogP contribution < -0.4 is 4.90 Å². The summed E-state index contributed by atoms with van der Waals surface area (Å²) in [6, 6.07) is 11.9. The molecule has 3 amide bonds. The summed E-state index contributed by atoms with van der Waals surface area (Å²) in [6.45, 7) is 2.11. The summed E-state index contributed by atoms with van der Waals surface area (Å²) in [5.74, 6) is -0.192. The molecule has 0 spiro atoms. The second-order valence-corrected chi connectivity index (χ2v) is 6.43. The maximum atomic E-state index is 12.8. The van der Waals surface area contributed by atoms with Crippen LogP contribution in [0.3, 0.4) is 0 Å². The van der Waals surface area contributed by atoms with E-state index in [1.54, 1.807) is 29.2 Å². The highest BCUT2D eigenvalue weighted by Gasteiger charge is 2.43. The molecule has 4 rings (SSSR count). The Morgan fingerprint density at radius 2 is 1.69 bits per heavy atom. The molecule has 2 aliphatic rings. The zero-order chi connectivity index (χ0) is 18.1. The molecule has 7 nitrogen and oxygen atoms in total. The molecule has 1 aromatic heterocycles. The summed E-state index contributed by atoms with van der Waals surface area (Å²) in [4.78, 5) is 42.5. The summed E-state index contributed by atoms with van der Waals surface area (Å²) >= 11 is 0. The highest BCUT2D eigenvalue weighted by molar-refractivity contribution is 6.22. The van der Waals surface area contributed by atoms with Gasteiger partial charge in [0.05, 0.1) is 24.4 Å².